The fourth-order valence-corrected chi connectivity index (χ4v) is 3.47. The molecule has 1 heterocycles. The van der Waals surface area contributed by atoms with Gasteiger partial charge >= 0.3 is 0 Å². The molecular formula is C26H35N3O4. The standard InChI is InChI=1S/C26H35N3O4/c1-3-17-33-18-8-7-13-23(29-25(31)22-12-6-5-11-21(22)4-2)24(30)26(32)28-16-14-20-10-9-15-27-19-20/h5-6,9-12,15,19,23H,3-4,7-8,13-14,16-18H2,1-2H3,(H,28,32)(H,29,31). The zero-order chi connectivity index (χ0) is 23.9. The van der Waals surface area contributed by atoms with E-state index in [1.807, 2.05) is 38.1 Å². The number of nitrogens with one attached hydrogen (secondary N) is 2. The Hall–Kier alpha value is -3.06. The fourth-order valence-electron chi connectivity index (χ4n) is 3.47. The van der Waals surface area contributed by atoms with Gasteiger partial charge in [0.05, 0.1) is 6.04 Å². The lowest BCUT2D eigenvalue weighted by Gasteiger charge is -2.18. The van der Waals surface area contributed by atoms with Gasteiger partial charge in [-0.05, 0) is 61.8 Å². The molecule has 0 saturated carbocycles. The summed E-state index contributed by atoms with van der Waals surface area (Å²) in [7, 11) is 0. The molecule has 0 radical (unpaired) electrons. The quantitative estimate of drug-likeness (QED) is 0.319. The minimum atomic E-state index is -0.882. The number of unbranched alkanes of at least 4 members (excludes halogenated alkanes) is 1. The van der Waals surface area contributed by atoms with Crippen LogP contribution in [-0.4, -0.2) is 48.4 Å². The molecule has 178 valence electrons. The number of ether oxygens (including phenoxy) is 1. The van der Waals surface area contributed by atoms with Gasteiger partial charge in [-0.1, -0.05) is 38.1 Å². The van der Waals surface area contributed by atoms with Crippen molar-refractivity contribution in [1.82, 2.24) is 15.6 Å². The molecule has 0 aliphatic rings. The first-order valence-corrected chi connectivity index (χ1v) is 11.7. The van der Waals surface area contributed by atoms with Gasteiger partial charge in [0.2, 0.25) is 5.78 Å². The molecular weight excluding hydrogens is 418 g/mol. The molecule has 0 aliphatic heterocycles. The van der Waals surface area contributed by atoms with E-state index < -0.39 is 17.7 Å². The van der Waals surface area contributed by atoms with Crippen LogP contribution in [0.15, 0.2) is 48.8 Å². The normalized spacial score (nSPS) is 11.6. The summed E-state index contributed by atoms with van der Waals surface area (Å²) in [6.45, 7) is 5.64. The molecule has 2 aromatic rings. The lowest BCUT2D eigenvalue weighted by Crippen LogP contribution is -2.48. The van der Waals surface area contributed by atoms with E-state index in [1.165, 1.54) is 0 Å². The number of carbonyl (C=O) groups excluding carboxylic acids is 3. The first kappa shape index (κ1) is 26.2. The molecule has 33 heavy (non-hydrogen) atoms. The van der Waals surface area contributed by atoms with Crippen LogP contribution in [0.3, 0.4) is 0 Å². The van der Waals surface area contributed by atoms with Crippen LogP contribution in [0.2, 0.25) is 0 Å². The summed E-state index contributed by atoms with van der Waals surface area (Å²) >= 11 is 0. The average molecular weight is 454 g/mol. The number of pyridine rings is 1. The van der Waals surface area contributed by atoms with Crippen LogP contribution in [-0.2, 0) is 27.2 Å². The van der Waals surface area contributed by atoms with Gasteiger partial charge < -0.3 is 15.4 Å². The highest BCUT2D eigenvalue weighted by molar-refractivity contribution is 6.38. The highest BCUT2D eigenvalue weighted by atomic mass is 16.5. The van der Waals surface area contributed by atoms with E-state index in [9.17, 15) is 14.4 Å². The molecule has 7 heteroatoms. The van der Waals surface area contributed by atoms with E-state index in [4.69, 9.17) is 4.74 Å². The summed E-state index contributed by atoms with van der Waals surface area (Å²) in [5.74, 6) is -1.65. The number of aromatic nitrogens is 1. The number of ketones is 1. The van der Waals surface area contributed by atoms with Crippen LogP contribution in [0.4, 0.5) is 0 Å². The van der Waals surface area contributed by atoms with Crippen molar-refractivity contribution >= 4 is 17.6 Å². The third-order valence-corrected chi connectivity index (χ3v) is 5.29. The van der Waals surface area contributed by atoms with Gasteiger partial charge in [0.15, 0.2) is 0 Å². The van der Waals surface area contributed by atoms with Crippen molar-refractivity contribution in [2.75, 3.05) is 19.8 Å². The molecule has 0 aliphatic carbocycles. The van der Waals surface area contributed by atoms with Gasteiger partial charge in [-0.2, -0.15) is 0 Å². The first-order valence-electron chi connectivity index (χ1n) is 11.7. The minimum Gasteiger partial charge on any atom is -0.381 e. The molecule has 0 saturated heterocycles. The molecule has 0 bridgehead atoms. The van der Waals surface area contributed by atoms with Gasteiger partial charge in [-0.25, -0.2) is 0 Å². The van der Waals surface area contributed by atoms with Crippen LogP contribution in [0.5, 0.6) is 0 Å². The van der Waals surface area contributed by atoms with Crippen LogP contribution in [0.25, 0.3) is 0 Å². The average Bonchev–Trinajstić information content (AvgIpc) is 2.85. The van der Waals surface area contributed by atoms with Gasteiger partial charge in [0, 0.05) is 37.7 Å². The molecule has 7 nitrogen and oxygen atoms in total. The number of hydrogen-bond donors (Lipinski definition) is 2. The van der Waals surface area contributed by atoms with Crippen LogP contribution >= 0.6 is 0 Å². The van der Waals surface area contributed by atoms with E-state index >= 15 is 0 Å². The predicted octanol–water partition coefficient (Wildman–Crippen LogP) is 3.27. The lowest BCUT2D eigenvalue weighted by molar-refractivity contribution is -0.139. The largest absolute Gasteiger partial charge is 0.381 e. The molecule has 0 fully saturated rings. The Morgan fingerprint density at radius 1 is 1.03 bits per heavy atom. The van der Waals surface area contributed by atoms with Crippen molar-refractivity contribution in [3.05, 3.63) is 65.5 Å². The van der Waals surface area contributed by atoms with Crippen LogP contribution in [0.1, 0.15) is 61.0 Å². The Balaban J connectivity index is 1.98. The zero-order valence-corrected chi connectivity index (χ0v) is 19.6. The molecule has 1 aromatic heterocycles. The molecule has 2 rings (SSSR count). The lowest BCUT2D eigenvalue weighted by atomic mass is 10.0. The summed E-state index contributed by atoms with van der Waals surface area (Å²) in [6, 6.07) is 10.2. The molecule has 0 spiro atoms. The number of aryl methyl sites for hydroxylation is 1. The van der Waals surface area contributed by atoms with Crippen LogP contribution < -0.4 is 10.6 Å². The number of Topliss-reactive ketones (excluding diaryl/α,β-unsaturated/α-hetero) is 1. The third kappa shape index (κ3) is 9.14. The maximum Gasteiger partial charge on any atom is 0.289 e. The van der Waals surface area contributed by atoms with Gasteiger partial charge in [0.1, 0.15) is 0 Å². The number of nitrogens with zero attached hydrogens (tertiary/aromatic N) is 1. The third-order valence-electron chi connectivity index (χ3n) is 5.29. The second-order valence-electron chi connectivity index (χ2n) is 7.88. The number of hydrogen-bond acceptors (Lipinski definition) is 5. The van der Waals surface area contributed by atoms with Crippen molar-refractivity contribution in [2.24, 2.45) is 0 Å². The van der Waals surface area contributed by atoms with Crippen molar-refractivity contribution in [1.29, 1.82) is 0 Å². The Labute approximate surface area is 196 Å². The summed E-state index contributed by atoms with van der Waals surface area (Å²) < 4.78 is 5.49. The highest BCUT2D eigenvalue weighted by Crippen LogP contribution is 2.11. The molecule has 1 aromatic carbocycles. The summed E-state index contributed by atoms with van der Waals surface area (Å²) in [5, 5.41) is 5.47. The number of amides is 2. The van der Waals surface area contributed by atoms with Gasteiger partial charge in [-0.15, -0.1) is 0 Å². The Morgan fingerprint density at radius 3 is 2.58 bits per heavy atom. The minimum absolute atomic E-state index is 0.320. The maximum atomic E-state index is 12.9. The smallest absolute Gasteiger partial charge is 0.289 e. The topological polar surface area (TPSA) is 97.4 Å². The highest BCUT2D eigenvalue weighted by Gasteiger charge is 2.27. The molecule has 1 atom stereocenters. The van der Waals surface area contributed by atoms with E-state index in [0.29, 0.717) is 51.0 Å². The van der Waals surface area contributed by atoms with E-state index in [2.05, 4.69) is 15.6 Å². The van der Waals surface area contributed by atoms with E-state index in [0.717, 1.165) is 24.0 Å². The zero-order valence-electron chi connectivity index (χ0n) is 19.6. The molecule has 2 N–H and O–H groups in total. The van der Waals surface area contributed by atoms with E-state index in [-0.39, 0.29) is 5.91 Å². The van der Waals surface area contributed by atoms with Gasteiger partial charge in [0.25, 0.3) is 11.8 Å². The maximum absolute atomic E-state index is 12.9. The van der Waals surface area contributed by atoms with Crippen molar-refractivity contribution < 1.29 is 19.1 Å². The first-order chi connectivity index (χ1) is 16.1. The molecule has 2 amide bonds. The molecule has 1 unspecified atom stereocenters. The predicted molar refractivity (Wildman–Crippen MR) is 128 cm³/mol. The van der Waals surface area contributed by atoms with Gasteiger partial charge in [-0.3, -0.25) is 19.4 Å². The number of carbonyl (C=O) groups is 3. The summed E-state index contributed by atoms with van der Waals surface area (Å²) in [6.07, 6.45) is 7.43. The Bertz CT molecular complexity index is 886. The van der Waals surface area contributed by atoms with Crippen LogP contribution in [0, 0.1) is 0 Å². The second kappa shape index (κ2) is 14.9. The Kier molecular flexibility index (Phi) is 11.8. The SMILES string of the molecule is CCCOCCCCC(NC(=O)c1ccccc1CC)C(=O)C(=O)NCCc1cccnc1. The van der Waals surface area contributed by atoms with Crippen molar-refractivity contribution in [2.45, 2.75) is 58.4 Å². The van der Waals surface area contributed by atoms with E-state index in [1.54, 1.807) is 24.5 Å². The fraction of sp³-hybridized carbons (Fsp3) is 0.462. The van der Waals surface area contributed by atoms with Crippen molar-refractivity contribution in [3.8, 4) is 0 Å². The summed E-state index contributed by atoms with van der Waals surface area (Å²) in [5.41, 5.74) is 2.40. The number of rotatable bonds is 15. The Morgan fingerprint density at radius 2 is 1.85 bits per heavy atom. The second-order valence-corrected chi connectivity index (χ2v) is 7.88. The van der Waals surface area contributed by atoms with Crippen molar-refractivity contribution in [3.63, 3.8) is 0 Å². The number of benzene rings is 1. The summed E-state index contributed by atoms with van der Waals surface area (Å²) in [4.78, 5) is 42.4. The monoisotopic (exact) mass is 453 g/mol.